The van der Waals surface area contributed by atoms with E-state index in [0.29, 0.717) is 22.9 Å². The van der Waals surface area contributed by atoms with Crippen LogP contribution in [0.1, 0.15) is 23.7 Å². The minimum atomic E-state index is -0.456. The van der Waals surface area contributed by atoms with Crippen LogP contribution in [0.2, 0.25) is 5.02 Å². The molecule has 1 unspecified atom stereocenters. The largest absolute Gasteiger partial charge is 0.457 e. The Morgan fingerprint density at radius 3 is 2.86 bits per heavy atom. The van der Waals surface area contributed by atoms with Crippen LogP contribution in [0, 0.1) is 5.82 Å². The van der Waals surface area contributed by atoms with Crippen molar-refractivity contribution < 1.29 is 14.2 Å². The summed E-state index contributed by atoms with van der Waals surface area (Å²) < 4.78 is 19.2. The van der Waals surface area contributed by atoms with Crippen LogP contribution in [0.4, 0.5) is 4.39 Å². The Kier molecular flexibility index (Phi) is 4.11. The van der Waals surface area contributed by atoms with E-state index in [1.165, 1.54) is 12.1 Å². The maximum absolute atomic E-state index is 13.4. The molecule has 1 aliphatic carbocycles. The summed E-state index contributed by atoms with van der Waals surface area (Å²) in [7, 11) is 0. The van der Waals surface area contributed by atoms with Gasteiger partial charge < -0.3 is 9.84 Å². The SMILES string of the molecule is CSc1ccc(Oc2cc(F)cc(Cl)c2)c2c1C(O)CC2. The van der Waals surface area contributed by atoms with Gasteiger partial charge in [-0.05, 0) is 43.4 Å². The Morgan fingerprint density at radius 1 is 1.33 bits per heavy atom. The van der Waals surface area contributed by atoms with Crippen molar-refractivity contribution in [2.24, 2.45) is 0 Å². The molecule has 0 aromatic heterocycles. The number of halogens is 2. The summed E-state index contributed by atoms with van der Waals surface area (Å²) in [5, 5.41) is 10.4. The van der Waals surface area contributed by atoms with Crippen LogP contribution < -0.4 is 4.74 Å². The van der Waals surface area contributed by atoms with Gasteiger partial charge in [-0.25, -0.2) is 4.39 Å². The lowest BCUT2D eigenvalue weighted by atomic mass is 10.1. The van der Waals surface area contributed by atoms with Gasteiger partial charge in [-0.3, -0.25) is 0 Å². The number of aliphatic hydroxyl groups is 1. The summed E-state index contributed by atoms with van der Waals surface area (Å²) in [5.74, 6) is 0.580. The standard InChI is InChI=1S/C16H14ClFO2S/c1-21-15-5-4-14(12-2-3-13(19)16(12)15)20-11-7-9(17)6-10(18)8-11/h4-8,13,19H,2-3H2,1H3. The maximum Gasteiger partial charge on any atom is 0.131 e. The third-order valence-corrected chi connectivity index (χ3v) is 4.57. The van der Waals surface area contributed by atoms with Crippen LogP contribution in [-0.4, -0.2) is 11.4 Å². The van der Waals surface area contributed by atoms with Crippen molar-refractivity contribution in [3.05, 3.63) is 52.3 Å². The van der Waals surface area contributed by atoms with E-state index < -0.39 is 11.9 Å². The normalized spacial score (nSPS) is 16.9. The third-order valence-electron chi connectivity index (χ3n) is 3.56. The van der Waals surface area contributed by atoms with Crippen molar-refractivity contribution in [3.63, 3.8) is 0 Å². The number of hydrogen-bond donors (Lipinski definition) is 1. The highest BCUT2D eigenvalue weighted by atomic mass is 35.5. The zero-order chi connectivity index (χ0) is 15.0. The second kappa shape index (κ2) is 5.87. The van der Waals surface area contributed by atoms with Crippen LogP contribution in [0.3, 0.4) is 0 Å². The van der Waals surface area contributed by atoms with Crippen LogP contribution in [0.5, 0.6) is 11.5 Å². The molecule has 2 aromatic rings. The van der Waals surface area contributed by atoms with Gasteiger partial charge in [0.1, 0.15) is 17.3 Å². The second-order valence-electron chi connectivity index (χ2n) is 4.92. The van der Waals surface area contributed by atoms with Crippen LogP contribution >= 0.6 is 23.4 Å². The Bertz CT molecular complexity index is 670. The van der Waals surface area contributed by atoms with Gasteiger partial charge in [0, 0.05) is 27.1 Å². The minimum Gasteiger partial charge on any atom is -0.457 e. The predicted octanol–water partition coefficient (Wildman–Crippen LogP) is 4.97. The summed E-state index contributed by atoms with van der Waals surface area (Å²) >= 11 is 7.44. The highest BCUT2D eigenvalue weighted by Crippen LogP contribution is 2.43. The zero-order valence-corrected chi connectivity index (χ0v) is 13.0. The molecule has 110 valence electrons. The number of thioether (sulfide) groups is 1. The second-order valence-corrected chi connectivity index (χ2v) is 6.20. The number of fused-ring (bicyclic) bond motifs is 1. The number of aliphatic hydroxyl groups excluding tert-OH is 1. The van der Waals surface area contributed by atoms with E-state index in [-0.39, 0.29) is 0 Å². The lowest BCUT2D eigenvalue weighted by Gasteiger charge is -2.14. The quantitative estimate of drug-likeness (QED) is 0.808. The first kappa shape index (κ1) is 14.7. The Morgan fingerprint density at radius 2 is 2.14 bits per heavy atom. The molecule has 1 atom stereocenters. The molecule has 0 amide bonds. The first-order valence-electron chi connectivity index (χ1n) is 6.60. The van der Waals surface area contributed by atoms with Crippen molar-refractivity contribution in [1.82, 2.24) is 0 Å². The zero-order valence-electron chi connectivity index (χ0n) is 11.4. The molecule has 0 radical (unpaired) electrons. The summed E-state index contributed by atoms with van der Waals surface area (Å²) in [6.45, 7) is 0. The predicted molar refractivity (Wildman–Crippen MR) is 83.0 cm³/mol. The van der Waals surface area contributed by atoms with Crippen LogP contribution in [-0.2, 0) is 6.42 Å². The van der Waals surface area contributed by atoms with Gasteiger partial charge in [0.25, 0.3) is 0 Å². The maximum atomic E-state index is 13.4. The van der Waals surface area contributed by atoms with Gasteiger partial charge in [0.2, 0.25) is 0 Å². The molecule has 0 fully saturated rings. The molecule has 2 aromatic carbocycles. The van der Waals surface area contributed by atoms with E-state index in [0.717, 1.165) is 22.4 Å². The van der Waals surface area contributed by atoms with E-state index in [1.54, 1.807) is 17.8 Å². The molecule has 0 aliphatic heterocycles. The van der Waals surface area contributed by atoms with Gasteiger partial charge in [0.15, 0.2) is 0 Å². The molecule has 2 nitrogen and oxygen atoms in total. The first-order valence-corrected chi connectivity index (χ1v) is 8.20. The van der Waals surface area contributed by atoms with Crippen molar-refractivity contribution in [3.8, 4) is 11.5 Å². The van der Waals surface area contributed by atoms with Gasteiger partial charge in [-0.1, -0.05) is 11.6 Å². The summed E-state index contributed by atoms with van der Waals surface area (Å²) in [5.41, 5.74) is 1.93. The van der Waals surface area contributed by atoms with Crippen molar-refractivity contribution in [2.75, 3.05) is 6.26 Å². The van der Waals surface area contributed by atoms with E-state index in [1.807, 2.05) is 18.4 Å². The molecule has 21 heavy (non-hydrogen) atoms. The Labute approximate surface area is 131 Å². The monoisotopic (exact) mass is 324 g/mol. The van der Waals surface area contributed by atoms with Gasteiger partial charge in [-0.2, -0.15) is 0 Å². The molecule has 1 N–H and O–H groups in total. The van der Waals surface area contributed by atoms with Crippen molar-refractivity contribution in [2.45, 2.75) is 23.8 Å². The van der Waals surface area contributed by atoms with Crippen molar-refractivity contribution in [1.29, 1.82) is 0 Å². The van der Waals surface area contributed by atoms with Gasteiger partial charge in [-0.15, -0.1) is 11.8 Å². The van der Waals surface area contributed by atoms with E-state index in [9.17, 15) is 9.50 Å². The highest BCUT2D eigenvalue weighted by molar-refractivity contribution is 7.98. The molecule has 0 saturated heterocycles. The first-order chi connectivity index (χ1) is 10.1. The molecular formula is C16H14ClFO2S. The fraction of sp³-hybridized carbons (Fsp3) is 0.250. The number of ether oxygens (including phenoxy) is 1. The highest BCUT2D eigenvalue weighted by Gasteiger charge is 2.27. The van der Waals surface area contributed by atoms with Crippen LogP contribution in [0.15, 0.2) is 35.2 Å². The molecule has 0 heterocycles. The fourth-order valence-corrected chi connectivity index (χ4v) is 3.55. The summed E-state index contributed by atoms with van der Waals surface area (Å²) in [6.07, 6.45) is 2.96. The smallest absolute Gasteiger partial charge is 0.131 e. The summed E-state index contributed by atoms with van der Waals surface area (Å²) in [6, 6.07) is 7.90. The number of hydrogen-bond acceptors (Lipinski definition) is 3. The van der Waals surface area contributed by atoms with Gasteiger partial charge in [0.05, 0.1) is 6.10 Å². The molecular weight excluding hydrogens is 311 g/mol. The molecule has 5 heteroatoms. The molecule has 0 saturated carbocycles. The van der Waals surface area contributed by atoms with E-state index >= 15 is 0 Å². The Hall–Kier alpha value is -1.23. The minimum absolute atomic E-state index is 0.294. The lowest BCUT2D eigenvalue weighted by molar-refractivity contribution is 0.177. The molecule has 0 bridgehead atoms. The Balaban J connectivity index is 2.00. The molecule has 3 rings (SSSR count). The topological polar surface area (TPSA) is 29.5 Å². The molecule has 1 aliphatic rings. The van der Waals surface area contributed by atoms with Crippen LogP contribution in [0.25, 0.3) is 0 Å². The average Bonchev–Trinajstić information content (AvgIpc) is 2.81. The average molecular weight is 325 g/mol. The fourth-order valence-electron chi connectivity index (χ4n) is 2.66. The van der Waals surface area contributed by atoms with Crippen molar-refractivity contribution >= 4 is 23.4 Å². The third kappa shape index (κ3) is 2.89. The summed E-state index contributed by atoms with van der Waals surface area (Å²) in [4.78, 5) is 1.06. The van der Waals surface area contributed by atoms with E-state index in [4.69, 9.17) is 16.3 Å². The lowest BCUT2D eigenvalue weighted by Crippen LogP contribution is -1.96. The van der Waals surface area contributed by atoms with Gasteiger partial charge >= 0.3 is 0 Å². The molecule has 0 spiro atoms. The number of benzene rings is 2. The van der Waals surface area contributed by atoms with E-state index in [2.05, 4.69) is 0 Å². The number of rotatable bonds is 3.